The second-order valence-electron chi connectivity index (χ2n) is 9.39. The third-order valence-corrected chi connectivity index (χ3v) is 7.02. The number of esters is 1. The fraction of sp³-hybridized carbons (Fsp3) is 0.414. The van der Waals surface area contributed by atoms with Gasteiger partial charge >= 0.3 is 23.9 Å². The van der Waals surface area contributed by atoms with Gasteiger partial charge in [-0.3, -0.25) is 4.79 Å². The van der Waals surface area contributed by atoms with Crippen LogP contribution in [0.3, 0.4) is 0 Å². The Morgan fingerprint density at radius 2 is 1.49 bits per heavy atom. The highest BCUT2D eigenvalue weighted by atomic mass is 19.4. The van der Waals surface area contributed by atoms with Crippen LogP contribution in [-0.2, 0) is 14.9 Å². The number of cyclic esters (lactones) is 1. The zero-order valence-corrected chi connectivity index (χ0v) is 21.8. The Hall–Kier alpha value is -3.45. The Bertz CT molecular complexity index is 1310. The van der Waals surface area contributed by atoms with Crippen LogP contribution in [0.4, 0.5) is 26.3 Å². The monoisotopic (exact) mass is 554 g/mol. The maximum Gasteiger partial charge on any atom is 0.438 e. The summed E-state index contributed by atoms with van der Waals surface area (Å²) in [5.41, 5.74) is -2.75. The molecule has 0 radical (unpaired) electrons. The SMILES string of the molecule is CCC(CC)(c1ccc(C#CC(O)(C(F)(F)F)C(F)(F)F)c(C)c1)c1ccc(OCC2=CCC(=O)O2)c(C)c1. The Labute approximate surface area is 222 Å². The minimum atomic E-state index is -6.02. The van der Waals surface area contributed by atoms with Gasteiger partial charge in [-0.05, 0) is 73.1 Å². The third kappa shape index (κ3) is 5.93. The van der Waals surface area contributed by atoms with Crippen LogP contribution >= 0.6 is 0 Å². The molecule has 0 saturated carbocycles. The maximum absolute atomic E-state index is 13.0. The first-order valence-electron chi connectivity index (χ1n) is 12.2. The first-order chi connectivity index (χ1) is 18.1. The summed E-state index contributed by atoms with van der Waals surface area (Å²) in [7, 11) is 0. The van der Waals surface area contributed by atoms with Gasteiger partial charge in [0.1, 0.15) is 18.1 Å². The number of hydrogen-bond donors (Lipinski definition) is 1. The van der Waals surface area contributed by atoms with Crippen molar-refractivity contribution in [2.75, 3.05) is 6.61 Å². The maximum atomic E-state index is 13.0. The van der Waals surface area contributed by atoms with Crippen molar-refractivity contribution in [1.82, 2.24) is 0 Å². The predicted molar refractivity (Wildman–Crippen MR) is 132 cm³/mol. The molecule has 0 aromatic heterocycles. The molecule has 1 N–H and O–H groups in total. The van der Waals surface area contributed by atoms with Gasteiger partial charge in [0.15, 0.2) is 0 Å². The largest absolute Gasteiger partial charge is 0.485 e. The molecule has 0 bridgehead atoms. The van der Waals surface area contributed by atoms with E-state index in [1.165, 1.54) is 13.0 Å². The molecule has 0 atom stereocenters. The zero-order chi connectivity index (χ0) is 29.2. The topological polar surface area (TPSA) is 55.8 Å². The molecule has 3 rings (SSSR count). The quantitative estimate of drug-likeness (QED) is 0.232. The molecule has 0 fully saturated rings. The van der Waals surface area contributed by atoms with E-state index in [0.717, 1.165) is 22.6 Å². The summed E-state index contributed by atoms with van der Waals surface area (Å²) >= 11 is 0. The fourth-order valence-corrected chi connectivity index (χ4v) is 4.57. The molecule has 0 saturated heterocycles. The van der Waals surface area contributed by atoms with E-state index >= 15 is 0 Å². The molecule has 10 heteroatoms. The van der Waals surface area contributed by atoms with E-state index in [2.05, 4.69) is 0 Å². The van der Waals surface area contributed by atoms with Gasteiger partial charge in [-0.2, -0.15) is 26.3 Å². The molecule has 210 valence electrons. The fourth-order valence-electron chi connectivity index (χ4n) is 4.57. The van der Waals surface area contributed by atoms with Crippen LogP contribution in [0.1, 0.15) is 60.9 Å². The highest BCUT2D eigenvalue weighted by Gasteiger charge is 2.70. The number of halogens is 6. The lowest BCUT2D eigenvalue weighted by Gasteiger charge is -2.34. The first kappa shape index (κ1) is 30.1. The zero-order valence-electron chi connectivity index (χ0n) is 21.8. The van der Waals surface area contributed by atoms with Crippen LogP contribution in [0.5, 0.6) is 5.75 Å². The predicted octanol–water partition coefficient (Wildman–Crippen LogP) is 6.83. The molecule has 0 spiro atoms. The molecule has 0 aliphatic carbocycles. The van der Waals surface area contributed by atoms with E-state index in [9.17, 15) is 36.2 Å². The normalized spacial score (nSPS) is 14.4. The van der Waals surface area contributed by atoms with Gasteiger partial charge in [0, 0.05) is 11.0 Å². The molecule has 39 heavy (non-hydrogen) atoms. The van der Waals surface area contributed by atoms with Gasteiger partial charge in [-0.15, -0.1) is 0 Å². The average Bonchev–Trinajstić information content (AvgIpc) is 3.27. The van der Waals surface area contributed by atoms with Gasteiger partial charge in [0.25, 0.3) is 0 Å². The van der Waals surface area contributed by atoms with E-state index in [-0.39, 0.29) is 24.6 Å². The number of aliphatic hydroxyl groups is 1. The lowest BCUT2D eigenvalue weighted by Crippen LogP contribution is -2.55. The highest BCUT2D eigenvalue weighted by molar-refractivity contribution is 5.75. The van der Waals surface area contributed by atoms with Crippen molar-refractivity contribution in [3.63, 3.8) is 0 Å². The number of aryl methyl sites for hydroxylation is 2. The van der Waals surface area contributed by atoms with E-state index in [1.807, 2.05) is 44.9 Å². The van der Waals surface area contributed by atoms with E-state index < -0.39 is 23.4 Å². The van der Waals surface area contributed by atoms with Crippen LogP contribution in [0.2, 0.25) is 0 Å². The highest BCUT2D eigenvalue weighted by Crippen LogP contribution is 2.43. The van der Waals surface area contributed by atoms with Crippen molar-refractivity contribution in [3.05, 3.63) is 76.1 Å². The van der Waals surface area contributed by atoms with Crippen molar-refractivity contribution >= 4 is 5.97 Å². The van der Waals surface area contributed by atoms with Crippen LogP contribution in [0.25, 0.3) is 0 Å². The number of benzene rings is 2. The van der Waals surface area contributed by atoms with Crippen LogP contribution in [0.15, 0.2) is 48.2 Å². The van der Waals surface area contributed by atoms with Gasteiger partial charge in [-0.25, -0.2) is 0 Å². The van der Waals surface area contributed by atoms with E-state index in [4.69, 9.17) is 9.47 Å². The minimum Gasteiger partial charge on any atom is -0.485 e. The average molecular weight is 555 g/mol. The number of alkyl halides is 6. The van der Waals surface area contributed by atoms with Gasteiger partial charge in [0.2, 0.25) is 0 Å². The molecule has 1 aliphatic rings. The van der Waals surface area contributed by atoms with Crippen LogP contribution < -0.4 is 4.74 Å². The summed E-state index contributed by atoms with van der Waals surface area (Å²) in [5, 5.41) is 9.35. The summed E-state index contributed by atoms with van der Waals surface area (Å²) in [6.07, 6.45) is -8.86. The molecule has 2 aromatic rings. The number of rotatable bonds is 7. The molecule has 1 heterocycles. The number of carbonyl (C=O) groups is 1. The summed E-state index contributed by atoms with van der Waals surface area (Å²) in [5.74, 6) is 3.61. The van der Waals surface area contributed by atoms with Gasteiger partial charge in [0.05, 0.1) is 6.42 Å². The molecule has 2 aromatic carbocycles. The summed E-state index contributed by atoms with van der Waals surface area (Å²) in [4.78, 5) is 11.3. The minimum absolute atomic E-state index is 0.0615. The Morgan fingerprint density at radius 1 is 0.923 bits per heavy atom. The lowest BCUT2D eigenvalue weighted by atomic mass is 9.70. The Kier molecular flexibility index (Phi) is 8.46. The standard InChI is InChI=1S/C29H28F6O4/c1-5-26(6-2,22-9-11-24(19(4)16-22)38-17-23-10-12-25(36)39-23)21-8-7-20(18(3)15-21)13-14-27(37,28(30,31)32)29(33,34)35/h7-11,15-16,37H,5-6,12,17H2,1-4H3. The summed E-state index contributed by atoms with van der Waals surface area (Å²) in [6.45, 7) is 7.49. The second kappa shape index (κ2) is 11.0. The summed E-state index contributed by atoms with van der Waals surface area (Å²) in [6, 6.07) is 10.4. The van der Waals surface area contributed by atoms with E-state index in [0.29, 0.717) is 29.9 Å². The molecule has 4 nitrogen and oxygen atoms in total. The molecule has 1 aliphatic heterocycles. The second-order valence-corrected chi connectivity index (χ2v) is 9.39. The van der Waals surface area contributed by atoms with Crippen molar-refractivity contribution in [2.45, 2.75) is 70.3 Å². The third-order valence-electron chi connectivity index (χ3n) is 7.02. The van der Waals surface area contributed by atoms with Gasteiger partial charge in [-0.1, -0.05) is 44.0 Å². The smallest absolute Gasteiger partial charge is 0.438 e. The van der Waals surface area contributed by atoms with Crippen LogP contribution in [0, 0.1) is 25.7 Å². The van der Waals surface area contributed by atoms with Crippen LogP contribution in [-0.4, -0.2) is 35.6 Å². The van der Waals surface area contributed by atoms with E-state index in [1.54, 1.807) is 18.2 Å². The number of carbonyl (C=O) groups excluding carboxylic acids is 1. The first-order valence-corrected chi connectivity index (χ1v) is 12.2. The van der Waals surface area contributed by atoms with Crippen molar-refractivity contribution < 1.29 is 45.7 Å². The Balaban J connectivity index is 1.94. The molecular weight excluding hydrogens is 526 g/mol. The molecule has 0 amide bonds. The number of hydrogen-bond acceptors (Lipinski definition) is 4. The molecule has 0 unspecified atom stereocenters. The van der Waals surface area contributed by atoms with Crippen molar-refractivity contribution in [3.8, 4) is 17.6 Å². The van der Waals surface area contributed by atoms with Crippen molar-refractivity contribution in [2.24, 2.45) is 0 Å². The lowest BCUT2D eigenvalue weighted by molar-refractivity contribution is -0.343. The summed E-state index contributed by atoms with van der Waals surface area (Å²) < 4.78 is 88.9. The van der Waals surface area contributed by atoms with Crippen molar-refractivity contribution in [1.29, 1.82) is 0 Å². The molecular formula is C29H28F6O4. The number of ether oxygens (including phenoxy) is 2. The Morgan fingerprint density at radius 3 is 1.95 bits per heavy atom. The van der Waals surface area contributed by atoms with Gasteiger partial charge < -0.3 is 14.6 Å².